The molecule has 1 unspecified atom stereocenters. The topological polar surface area (TPSA) is 129 Å². The van der Waals surface area contributed by atoms with Crippen LogP contribution in [0.2, 0.25) is 0 Å². The van der Waals surface area contributed by atoms with Crippen LogP contribution in [0.3, 0.4) is 0 Å². The van der Waals surface area contributed by atoms with E-state index in [4.69, 9.17) is 0 Å². The molecule has 3 fully saturated rings. The minimum Gasteiger partial charge on any atom is -0.371 e. The number of hydrogen-bond acceptors (Lipinski definition) is 8. The number of anilines is 1. The van der Waals surface area contributed by atoms with Gasteiger partial charge in [0.15, 0.2) is 0 Å². The van der Waals surface area contributed by atoms with E-state index in [2.05, 4.69) is 15.2 Å². The number of rotatable bonds is 7. The number of nitrogens with one attached hydrogen (secondary N) is 2. The summed E-state index contributed by atoms with van der Waals surface area (Å²) in [6.45, 7) is 5.19. The van der Waals surface area contributed by atoms with Gasteiger partial charge in [-0.2, -0.15) is 0 Å². The highest BCUT2D eigenvalue weighted by Gasteiger charge is 2.46. The summed E-state index contributed by atoms with van der Waals surface area (Å²) in [7, 11) is 0. The maximum absolute atomic E-state index is 16.4. The van der Waals surface area contributed by atoms with Gasteiger partial charge in [-0.05, 0) is 92.5 Å². The Hall–Kier alpha value is -5.61. The highest BCUT2D eigenvalue weighted by molar-refractivity contribution is 6.23. The summed E-state index contributed by atoms with van der Waals surface area (Å²) in [5.41, 5.74) is 4.73. The van der Waals surface area contributed by atoms with Gasteiger partial charge in [0.2, 0.25) is 17.7 Å². The molecular formula is C47H49F4N7O5. The molecule has 3 atom stereocenters. The molecular weight excluding hydrogens is 819 g/mol. The SMILES string of the molecule is C[C@@H]1Cc2c([nH]c3ccccc23)[C@@H](c2c(F)cc(N3CCC(C(=O)N4CCC(N5Cc6cc7c(cc6C5)C(=O)N(C5CCC(=O)NC5=O)C7=O)CC4)CC3)cc2F)N1CC(C)(F)F. The summed E-state index contributed by atoms with van der Waals surface area (Å²) in [6, 6.07) is 11.4. The number of carbonyl (C=O) groups excluding carboxylic acids is 5. The number of aromatic nitrogens is 1. The summed E-state index contributed by atoms with van der Waals surface area (Å²) in [6.07, 6.45) is 3.18. The van der Waals surface area contributed by atoms with Crippen LogP contribution in [0.15, 0.2) is 48.5 Å². The number of alkyl halides is 2. The Morgan fingerprint density at radius 1 is 0.841 bits per heavy atom. The zero-order chi connectivity index (χ0) is 44.1. The average molecular weight is 868 g/mol. The third kappa shape index (κ3) is 7.28. The fourth-order valence-corrected chi connectivity index (χ4v) is 11.1. The van der Waals surface area contributed by atoms with E-state index in [1.807, 2.05) is 41.0 Å². The highest BCUT2D eigenvalue weighted by Crippen LogP contribution is 2.44. The number of carbonyl (C=O) groups is 5. The van der Waals surface area contributed by atoms with Gasteiger partial charge in [0.1, 0.15) is 17.7 Å². The summed E-state index contributed by atoms with van der Waals surface area (Å²) in [5.74, 6) is -6.96. The molecule has 0 bridgehead atoms. The van der Waals surface area contributed by atoms with E-state index in [-0.39, 0.29) is 47.4 Å². The van der Waals surface area contributed by atoms with Gasteiger partial charge in [-0.3, -0.25) is 44.0 Å². The first-order valence-electron chi connectivity index (χ1n) is 22.0. The lowest BCUT2D eigenvalue weighted by Crippen LogP contribution is -2.54. The van der Waals surface area contributed by atoms with Crippen molar-refractivity contribution in [1.82, 2.24) is 29.9 Å². The Morgan fingerprint density at radius 3 is 2.10 bits per heavy atom. The van der Waals surface area contributed by atoms with Gasteiger partial charge in [0, 0.05) is 98.5 Å². The Balaban J connectivity index is 0.761. The third-order valence-corrected chi connectivity index (χ3v) is 14.3. The van der Waals surface area contributed by atoms with Crippen LogP contribution >= 0.6 is 0 Å². The molecule has 6 aliphatic rings. The van der Waals surface area contributed by atoms with Gasteiger partial charge in [-0.1, -0.05) is 18.2 Å². The van der Waals surface area contributed by atoms with Crippen LogP contribution in [0.25, 0.3) is 10.9 Å². The number of nitrogens with zero attached hydrogens (tertiary/aromatic N) is 5. The van der Waals surface area contributed by atoms with E-state index < -0.39 is 65.9 Å². The summed E-state index contributed by atoms with van der Waals surface area (Å²) < 4.78 is 62.0. The van der Waals surface area contributed by atoms with Crippen molar-refractivity contribution >= 4 is 46.1 Å². The lowest BCUT2D eigenvalue weighted by molar-refractivity contribution is -0.138. The van der Waals surface area contributed by atoms with Crippen LogP contribution in [-0.2, 0) is 33.9 Å². The second-order valence-corrected chi connectivity index (χ2v) is 18.4. The molecule has 1 aromatic heterocycles. The van der Waals surface area contributed by atoms with Crippen molar-refractivity contribution in [2.45, 2.75) is 102 Å². The fourth-order valence-electron chi connectivity index (χ4n) is 11.1. The molecule has 3 saturated heterocycles. The maximum Gasteiger partial charge on any atom is 0.262 e. The molecule has 0 saturated carbocycles. The standard InChI is InChI=1S/C47H49F4N7O5/c1-25-17-32-31-5-3-4-6-37(31)52-41(32)42(57(25)24-47(2,50)51)40-35(48)20-30(21-36(40)49)54-13-9-26(10-14-54)44(61)55-15-11-29(12-16-55)56-22-27-18-33-34(19-28(27)23-56)46(63)58(45(33)62)38-7-8-39(59)53-43(38)60/h3-6,18-21,25-26,29,38,42,52H,7-17,22-24H2,1-2H3,(H,53,59,60)/t25-,38?,42-/m1/s1. The van der Waals surface area contributed by atoms with E-state index in [1.165, 1.54) is 17.0 Å². The first-order valence-corrected chi connectivity index (χ1v) is 22.0. The zero-order valence-corrected chi connectivity index (χ0v) is 35.2. The number of fused-ring (bicyclic) bond motifs is 5. The third-order valence-electron chi connectivity index (χ3n) is 14.3. The van der Waals surface area contributed by atoms with Crippen LogP contribution in [0, 0.1) is 17.6 Å². The number of likely N-dealkylation sites (tertiary alicyclic amines) is 1. The van der Waals surface area contributed by atoms with Gasteiger partial charge in [-0.15, -0.1) is 0 Å². The number of para-hydroxylation sites is 1. The van der Waals surface area contributed by atoms with Crippen molar-refractivity contribution in [3.05, 3.63) is 99.2 Å². The summed E-state index contributed by atoms with van der Waals surface area (Å²) in [4.78, 5) is 76.6. The Kier molecular flexibility index (Phi) is 10.2. The predicted molar refractivity (Wildman–Crippen MR) is 224 cm³/mol. The van der Waals surface area contributed by atoms with E-state index in [0.717, 1.165) is 52.3 Å². The molecule has 330 valence electrons. The molecule has 12 nitrogen and oxygen atoms in total. The van der Waals surface area contributed by atoms with Crippen molar-refractivity contribution in [2.24, 2.45) is 5.92 Å². The van der Waals surface area contributed by atoms with E-state index in [9.17, 15) is 32.8 Å². The van der Waals surface area contributed by atoms with Crippen molar-refractivity contribution < 1.29 is 41.5 Å². The minimum absolute atomic E-state index is 0.0591. The number of benzene rings is 3. The second-order valence-electron chi connectivity index (χ2n) is 18.4. The molecule has 0 aliphatic carbocycles. The Labute approximate surface area is 361 Å². The summed E-state index contributed by atoms with van der Waals surface area (Å²) in [5, 5.41) is 3.14. The van der Waals surface area contributed by atoms with Crippen molar-refractivity contribution in [1.29, 1.82) is 0 Å². The van der Waals surface area contributed by atoms with Gasteiger partial charge < -0.3 is 14.8 Å². The number of halogens is 4. The van der Waals surface area contributed by atoms with E-state index >= 15 is 8.78 Å². The lowest BCUT2D eigenvalue weighted by Gasteiger charge is -2.42. The monoisotopic (exact) mass is 867 g/mol. The zero-order valence-electron chi connectivity index (χ0n) is 35.2. The highest BCUT2D eigenvalue weighted by atomic mass is 19.3. The van der Waals surface area contributed by atoms with Crippen LogP contribution in [0.5, 0.6) is 0 Å². The molecule has 0 spiro atoms. The molecule has 5 amide bonds. The second kappa shape index (κ2) is 15.6. The predicted octanol–water partition coefficient (Wildman–Crippen LogP) is 6.06. The van der Waals surface area contributed by atoms with Gasteiger partial charge in [0.05, 0.1) is 23.7 Å². The quantitative estimate of drug-likeness (QED) is 0.170. The first kappa shape index (κ1) is 41.4. The normalized spacial score (nSPS) is 24.0. The maximum atomic E-state index is 16.4. The molecule has 3 aromatic carbocycles. The molecule has 2 N–H and O–H groups in total. The first-order chi connectivity index (χ1) is 30.1. The lowest BCUT2D eigenvalue weighted by atomic mass is 9.87. The van der Waals surface area contributed by atoms with E-state index in [0.29, 0.717) is 69.9 Å². The summed E-state index contributed by atoms with van der Waals surface area (Å²) >= 11 is 0. The number of piperidine rings is 3. The van der Waals surface area contributed by atoms with Crippen LogP contribution < -0.4 is 10.2 Å². The van der Waals surface area contributed by atoms with Gasteiger partial charge >= 0.3 is 0 Å². The molecule has 0 radical (unpaired) electrons. The molecule has 4 aromatic rings. The molecule has 16 heteroatoms. The number of imide groups is 2. The van der Waals surface area contributed by atoms with Crippen LogP contribution in [-0.4, -0.2) is 111 Å². The molecule has 7 heterocycles. The number of amides is 5. The minimum atomic E-state index is -3.09. The number of hydrogen-bond donors (Lipinski definition) is 2. The van der Waals surface area contributed by atoms with Gasteiger partial charge in [0.25, 0.3) is 17.7 Å². The Morgan fingerprint density at radius 2 is 1.48 bits per heavy atom. The van der Waals surface area contributed by atoms with Crippen molar-refractivity contribution in [3.63, 3.8) is 0 Å². The smallest absolute Gasteiger partial charge is 0.262 e. The molecule has 6 aliphatic heterocycles. The number of H-pyrrole nitrogens is 1. The fraction of sp³-hybridized carbons (Fsp3) is 0.468. The van der Waals surface area contributed by atoms with Crippen LogP contribution in [0.1, 0.15) is 107 Å². The van der Waals surface area contributed by atoms with Crippen molar-refractivity contribution in [2.75, 3.05) is 37.6 Å². The molecule has 10 rings (SSSR count). The van der Waals surface area contributed by atoms with E-state index in [1.54, 1.807) is 12.1 Å². The van der Waals surface area contributed by atoms with Crippen LogP contribution in [0.4, 0.5) is 23.2 Å². The van der Waals surface area contributed by atoms with Gasteiger partial charge in [-0.25, -0.2) is 17.6 Å². The Bertz CT molecular complexity index is 2510. The van der Waals surface area contributed by atoms with Crippen molar-refractivity contribution in [3.8, 4) is 0 Å². The number of aromatic amines is 1. The average Bonchev–Trinajstić information content (AvgIpc) is 3.91. The molecule has 63 heavy (non-hydrogen) atoms. The largest absolute Gasteiger partial charge is 0.371 e.